The molecule has 3 heterocycles. The standard InChI is InChI=1S/C16H11FN4/c1-9-14-16(21-20-9)13-10(5-4-6-11(13)17)15(19-14)12-7-2-3-8-18-12/h2-8H,1H3,(H,20,21). The van der Waals surface area contributed by atoms with Crippen LogP contribution in [0.1, 0.15) is 5.69 Å². The Hall–Kier alpha value is -2.82. The summed E-state index contributed by atoms with van der Waals surface area (Å²) in [6.45, 7) is 1.87. The van der Waals surface area contributed by atoms with Gasteiger partial charge in [-0.2, -0.15) is 5.10 Å². The first kappa shape index (κ1) is 12.0. The van der Waals surface area contributed by atoms with Crippen molar-refractivity contribution in [3.8, 4) is 11.4 Å². The van der Waals surface area contributed by atoms with Crippen LogP contribution in [0.2, 0.25) is 0 Å². The quantitative estimate of drug-likeness (QED) is 0.578. The van der Waals surface area contributed by atoms with Crippen molar-refractivity contribution in [1.29, 1.82) is 0 Å². The fourth-order valence-corrected chi connectivity index (χ4v) is 2.57. The summed E-state index contributed by atoms with van der Waals surface area (Å²) in [6.07, 6.45) is 1.70. The highest BCUT2D eigenvalue weighted by atomic mass is 19.1. The van der Waals surface area contributed by atoms with Crippen molar-refractivity contribution in [2.75, 3.05) is 0 Å². The molecule has 0 aliphatic carbocycles. The Labute approximate surface area is 119 Å². The zero-order valence-electron chi connectivity index (χ0n) is 11.3. The van der Waals surface area contributed by atoms with Crippen LogP contribution in [0.25, 0.3) is 33.2 Å². The molecular weight excluding hydrogens is 267 g/mol. The highest BCUT2D eigenvalue weighted by molar-refractivity contribution is 6.09. The van der Waals surface area contributed by atoms with Gasteiger partial charge in [0.2, 0.25) is 0 Å². The van der Waals surface area contributed by atoms with Crippen molar-refractivity contribution >= 4 is 21.8 Å². The van der Waals surface area contributed by atoms with E-state index in [1.54, 1.807) is 12.3 Å². The van der Waals surface area contributed by atoms with Gasteiger partial charge in [0, 0.05) is 17.0 Å². The fraction of sp³-hybridized carbons (Fsp3) is 0.0625. The summed E-state index contributed by atoms with van der Waals surface area (Å²) >= 11 is 0. The monoisotopic (exact) mass is 278 g/mol. The number of pyridine rings is 2. The van der Waals surface area contributed by atoms with Crippen molar-refractivity contribution in [2.45, 2.75) is 6.92 Å². The van der Waals surface area contributed by atoms with E-state index in [9.17, 15) is 4.39 Å². The summed E-state index contributed by atoms with van der Waals surface area (Å²) in [5.41, 5.74) is 3.43. The molecule has 5 heteroatoms. The minimum Gasteiger partial charge on any atom is -0.280 e. The molecule has 0 saturated heterocycles. The summed E-state index contributed by atoms with van der Waals surface area (Å²) in [5, 5.41) is 8.26. The Morgan fingerprint density at radius 3 is 2.76 bits per heavy atom. The van der Waals surface area contributed by atoms with Crippen molar-refractivity contribution in [3.05, 3.63) is 54.1 Å². The van der Waals surface area contributed by atoms with Gasteiger partial charge >= 0.3 is 0 Å². The van der Waals surface area contributed by atoms with Crippen molar-refractivity contribution in [3.63, 3.8) is 0 Å². The second-order valence-corrected chi connectivity index (χ2v) is 4.88. The van der Waals surface area contributed by atoms with Crippen LogP contribution in [0.3, 0.4) is 0 Å². The Balaban J connectivity index is 2.24. The predicted octanol–water partition coefficient (Wildman–Crippen LogP) is 3.62. The molecule has 0 saturated carbocycles. The summed E-state index contributed by atoms with van der Waals surface area (Å²) in [7, 11) is 0. The first-order valence-corrected chi connectivity index (χ1v) is 6.60. The molecule has 1 N–H and O–H groups in total. The third-order valence-electron chi connectivity index (χ3n) is 3.55. The van der Waals surface area contributed by atoms with Crippen LogP contribution >= 0.6 is 0 Å². The summed E-state index contributed by atoms with van der Waals surface area (Å²) in [4.78, 5) is 8.99. The van der Waals surface area contributed by atoms with Gasteiger partial charge in [-0.1, -0.05) is 18.2 Å². The molecule has 0 radical (unpaired) electrons. The molecule has 3 aromatic heterocycles. The molecule has 0 bridgehead atoms. The smallest absolute Gasteiger partial charge is 0.133 e. The van der Waals surface area contributed by atoms with Gasteiger partial charge in [0.15, 0.2) is 0 Å². The van der Waals surface area contributed by atoms with E-state index in [1.807, 2.05) is 31.2 Å². The highest BCUT2D eigenvalue weighted by Crippen LogP contribution is 2.32. The minimum atomic E-state index is -0.302. The molecule has 1 aromatic carbocycles. The number of nitrogens with zero attached hydrogens (tertiary/aromatic N) is 3. The lowest BCUT2D eigenvalue weighted by atomic mass is 10.0. The van der Waals surface area contributed by atoms with Gasteiger partial charge in [0.1, 0.15) is 16.9 Å². The van der Waals surface area contributed by atoms with E-state index in [1.165, 1.54) is 6.07 Å². The molecule has 0 spiro atoms. The maximum absolute atomic E-state index is 14.3. The van der Waals surface area contributed by atoms with Gasteiger partial charge in [0.25, 0.3) is 0 Å². The number of H-pyrrole nitrogens is 1. The fourth-order valence-electron chi connectivity index (χ4n) is 2.57. The predicted molar refractivity (Wildman–Crippen MR) is 79.3 cm³/mol. The van der Waals surface area contributed by atoms with Gasteiger partial charge in [-0.25, -0.2) is 9.37 Å². The van der Waals surface area contributed by atoms with Crippen LogP contribution in [0.4, 0.5) is 4.39 Å². The average molecular weight is 278 g/mol. The average Bonchev–Trinajstić information content (AvgIpc) is 2.89. The second-order valence-electron chi connectivity index (χ2n) is 4.88. The number of nitrogens with one attached hydrogen (secondary N) is 1. The van der Waals surface area contributed by atoms with E-state index in [4.69, 9.17) is 0 Å². The second kappa shape index (κ2) is 4.34. The van der Waals surface area contributed by atoms with Crippen molar-refractivity contribution in [1.82, 2.24) is 20.2 Å². The first-order chi connectivity index (χ1) is 10.3. The maximum Gasteiger partial charge on any atom is 0.133 e. The lowest BCUT2D eigenvalue weighted by Gasteiger charge is -2.07. The molecule has 21 heavy (non-hydrogen) atoms. The highest BCUT2D eigenvalue weighted by Gasteiger charge is 2.16. The largest absolute Gasteiger partial charge is 0.280 e. The lowest BCUT2D eigenvalue weighted by Crippen LogP contribution is -1.92. The molecule has 4 aromatic rings. The van der Waals surface area contributed by atoms with Crippen LogP contribution in [0.15, 0.2) is 42.6 Å². The van der Waals surface area contributed by atoms with Crippen molar-refractivity contribution < 1.29 is 4.39 Å². The lowest BCUT2D eigenvalue weighted by molar-refractivity contribution is 0.640. The van der Waals surface area contributed by atoms with E-state index in [0.717, 1.165) is 11.4 Å². The van der Waals surface area contributed by atoms with Crippen LogP contribution in [0.5, 0.6) is 0 Å². The number of hydrogen-bond donors (Lipinski definition) is 1. The Morgan fingerprint density at radius 2 is 1.95 bits per heavy atom. The molecule has 0 unspecified atom stereocenters. The van der Waals surface area contributed by atoms with E-state index in [0.29, 0.717) is 27.5 Å². The molecule has 0 atom stereocenters. The van der Waals surface area contributed by atoms with Crippen LogP contribution < -0.4 is 0 Å². The summed E-state index contributed by atoms with van der Waals surface area (Å²) < 4.78 is 14.3. The minimum absolute atomic E-state index is 0.302. The van der Waals surface area contributed by atoms with Crippen LogP contribution in [0, 0.1) is 12.7 Å². The van der Waals surface area contributed by atoms with Crippen LogP contribution in [-0.4, -0.2) is 20.2 Å². The van der Waals surface area contributed by atoms with Gasteiger partial charge in [0.05, 0.1) is 17.1 Å². The molecule has 0 aliphatic rings. The van der Waals surface area contributed by atoms with Gasteiger partial charge in [-0.15, -0.1) is 0 Å². The third kappa shape index (κ3) is 1.71. The van der Waals surface area contributed by atoms with Gasteiger partial charge < -0.3 is 0 Å². The normalized spacial score (nSPS) is 11.3. The molecule has 0 aliphatic heterocycles. The maximum atomic E-state index is 14.3. The third-order valence-corrected chi connectivity index (χ3v) is 3.55. The molecule has 102 valence electrons. The van der Waals surface area contributed by atoms with E-state index in [-0.39, 0.29) is 5.82 Å². The molecular formula is C16H11FN4. The SMILES string of the molecule is Cc1[nH]nc2c1nc(-c1ccccn1)c1cccc(F)c12. The molecule has 0 amide bonds. The number of rotatable bonds is 1. The Bertz CT molecular complexity index is 960. The number of aromatic amines is 1. The number of benzene rings is 1. The molecule has 4 nitrogen and oxygen atoms in total. The zero-order chi connectivity index (χ0) is 14.4. The number of hydrogen-bond acceptors (Lipinski definition) is 3. The molecule has 4 rings (SSSR count). The summed E-state index contributed by atoms with van der Waals surface area (Å²) in [6, 6.07) is 10.6. The van der Waals surface area contributed by atoms with E-state index >= 15 is 0 Å². The Morgan fingerprint density at radius 1 is 1.05 bits per heavy atom. The van der Waals surface area contributed by atoms with E-state index in [2.05, 4.69) is 20.2 Å². The topological polar surface area (TPSA) is 54.5 Å². The Kier molecular flexibility index (Phi) is 2.47. The van der Waals surface area contributed by atoms with E-state index < -0.39 is 0 Å². The summed E-state index contributed by atoms with van der Waals surface area (Å²) in [5.74, 6) is -0.302. The number of fused-ring (bicyclic) bond motifs is 3. The van der Waals surface area contributed by atoms with Gasteiger partial charge in [-0.05, 0) is 25.1 Å². The van der Waals surface area contributed by atoms with Gasteiger partial charge in [-0.3, -0.25) is 10.1 Å². The van der Waals surface area contributed by atoms with Crippen molar-refractivity contribution in [2.24, 2.45) is 0 Å². The zero-order valence-corrected chi connectivity index (χ0v) is 11.3. The first-order valence-electron chi connectivity index (χ1n) is 6.60. The number of aromatic nitrogens is 4. The number of aryl methyl sites for hydroxylation is 1. The number of halogens is 1. The van der Waals surface area contributed by atoms with Crippen LogP contribution in [-0.2, 0) is 0 Å². The molecule has 0 fully saturated rings.